The van der Waals surface area contributed by atoms with E-state index < -0.39 is 66.4 Å². The van der Waals surface area contributed by atoms with E-state index in [-0.39, 0.29) is 18.8 Å². The number of nitrogens with zero attached hydrogens (tertiary/aromatic N) is 1. The Balaban J connectivity index is 2.99. The van der Waals surface area contributed by atoms with E-state index in [0.29, 0.717) is 5.69 Å². The number of hydrogen-bond acceptors (Lipinski definition) is 8. The number of carboxylic acids is 2. The van der Waals surface area contributed by atoms with E-state index in [1.165, 1.54) is 19.4 Å². The second-order valence-corrected chi connectivity index (χ2v) is 8.17. The first kappa shape index (κ1) is 28.5. The van der Waals surface area contributed by atoms with E-state index in [4.69, 9.17) is 10.8 Å². The van der Waals surface area contributed by atoms with E-state index in [1.54, 1.807) is 13.8 Å². The summed E-state index contributed by atoms with van der Waals surface area (Å²) in [5.41, 5.74) is 6.19. The fourth-order valence-electron chi connectivity index (χ4n) is 2.84. The Morgan fingerprint density at radius 2 is 1.62 bits per heavy atom. The third-order valence-corrected chi connectivity index (χ3v) is 4.96. The maximum Gasteiger partial charge on any atom is 0.326 e. The molecule has 0 aliphatic rings. The highest BCUT2D eigenvalue weighted by molar-refractivity contribution is 5.94. The van der Waals surface area contributed by atoms with Crippen LogP contribution in [0.5, 0.6) is 0 Å². The predicted octanol–water partition coefficient (Wildman–Crippen LogP) is -2.28. The second-order valence-electron chi connectivity index (χ2n) is 8.17. The number of aromatic nitrogens is 2. The molecule has 1 heterocycles. The lowest BCUT2D eigenvalue weighted by molar-refractivity contribution is -0.143. The van der Waals surface area contributed by atoms with Crippen molar-refractivity contribution in [3.63, 3.8) is 0 Å². The predicted molar refractivity (Wildman–Crippen MR) is 117 cm³/mol. The molecule has 1 rings (SSSR count). The number of H-pyrrole nitrogens is 1. The zero-order valence-electron chi connectivity index (χ0n) is 19.1. The number of carbonyl (C=O) groups is 5. The van der Waals surface area contributed by atoms with Gasteiger partial charge in [-0.05, 0) is 19.3 Å². The molecule has 5 unspecified atom stereocenters. The number of aliphatic hydroxyl groups is 1. The van der Waals surface area contributed by atoms with E-state index >= 15 is 0 Å². The maximum absolute atomic E-state index is 12.8. The third kappa shape index (κ3) is 9.15. The van der Waals surface area contributed by atoms with Gasteiger partial charge in [-0.25, -0.2) is 9.78 Å². The Morgan fingerprint density at radius 1 is 1.00 bits per heavy atom. The van der Waals surface area contributed by atoms with Crippen molar-refractivity contribution in [1.82, 2.24) is 25.9 Å². The molecule has 5 atom stereocenters. The number of amides is 3. The molecule has 9 N–H and O–H groups in total. The number of hydrogen-bond donors (Lipinski definition) is 8. The van der Waals surface area contributed by atoms with Crippen LogP contribution in [0.1, 0.15) is 39.3 Å². The number of aliphatic carboxylic acids is 2. The van der Waals surface area contributed by atoms with Gasteiger partial charge in [0.15, 0.2) is 0 Å². The molecule has 34 heavy (non-hydrogen) atoms. The zero-order valence-corrected chi connectivity index (χ0v) is 19.1. The molecule has 0 spiro atoms. The smallest absolute Gasteiger partial charge is 0.326 e. The second kappa shape index (κ2) is 13.3. The lowest BCUT2D eigenvalue weighted by atomic mass is 10.0. The summed E-state index contributed by atoms with van der Waals surface area (Å²) in [4.78, 5) is 66.9. The van der Waals surface area contributed by atoms with E-state index in [9.17, 15) is 34.2 Å². The molecule has 1 aromatic rings. The number of carboxylic acid groups (broad SMARTS) is 2. The number of aliphatic hydroxyl groups excluding tert-OH is 1. The molecule has 0 saturated carbocycles. The van der Waals surface area contributed by atoms with Crippen LogP contribution in [0.25, 0.3) is 0 Å². The Kier molecular flexibility index (Phi) is 11.1. The lowest BCUT2D eigenvalue weighted by Crippen LogP contribution is -2.60. The molecule has 1 aromatic heterocycles. The Morgan fingerprint density at radius 3 is 2.09 bits per heavy atom. The van der Waals surface area contributed by atoms with Gasteiger partial charge in [-0.3, -0.25) is 19.2 Å². The topological polar surface area (TPSA) is 237 Å². The van der Waals surface area contributed by atoms with Crippen LogP contribution < -0.4 is 21.7 Å². The van der Waals surface area contributed by atoms with Crippen molar-refractivity contribution in [2.24, 2.45) is 11.7 Å². The summed E-state index contributed by atoms with van der Waals surface area (Å²) in [5.74, 6) is -5.48. The summed E-state index contributed by atoms with van der Waals surface area (Å²) in [6.45, 7) is 4.62. The lowest BCUT2D eigenvalue weighted by Gasteiger charge is -2.26. The van der Waals surface area contributed by atoms with Crippen molar-refractivity contribution in [3.8, 4) is 0 Å². The van der Waals surface area contributed by atoms with E-state index in [0.717, 1.165) is 0 Å². The highest BCUT2D eigenvalue weighted by atomic mass is 16.4. The molecule has 14 heteroatoms. The van der Waals surface area contributed by atoms with Gasteiger partial charge in [0.2, 0.25) is 17.7 Å². The molecule has 190 valence electrons. The number of nitrogens with two attached hydrogens (primary N) is 1. The molecule has 0 saturated heterocycles. The quantitative estimate of drug-likeness (QED) is 0.141. The molecule has 0 aliphatic heterocycles. The van der Waals surface area contributed by atoms with Gasteiger partial charge in [0, 0.05) is 24.7 Å². The Hall–Kier alpha value is -3.52. The highest BCUT2D eigenvalue weighted by Gasteiger charge is 2.33. The van der Waals surface area contributed by atoms with Crippen LogP contribution in [0.3, 0.4) is 0 Å². The minimum absolute atomic E-state index is 0.139. The van der Waals surface area contributed by atoms with E-state index in [2.05, 4.69) is 25.9 Å². The van der Waals surface area contributed by atoms with E-state index in [1.807, 2.05) is 0 Å². The summed E-state index contributed by atoms with van der Waals surface area (Å²) in [6, 6.07) is -5.30. The number of aromatic amines is 1. The molecule has 0 radical (unpaired) electrons. The number of nitrogens with one attached hydrogen (secondary N) is 4. The molecular formula is C20H32N6O8. The molecule has 0 aromatic carbocycles. The first-order valence-corrected chi connectivity index (χ1v) is 10.6. The molecule has 3 amide bonds. The van der Waals surface area contributed by atoms with Crippen LogP contribution in [0.15, 0.2) is 12.5 Å². The summed E-state index contributed by atoms with van der Waals surface area (Å²) in [7, 11) is 0. The average molecular weight is 485 g/mol. The van der Waals surface area contributed by atoms with Crippen LogP contribution in [-0.2, 0) is 30.4 Å². The van der Waals surface area contributed by atoms with Crippen molar-refractivity contribution in [3.05, 3.63) is 18.2 Å². The van der Waals surface area contributed by atoms with Crippen molar-refractivity contribution in [2.45, 2.75) is 70.3 Å². The summed E-state index contributed by atoms with van der Waals surface area (Å²) < 4.78 is 0. The number of imidazole rings is 1. The number of carbonyl (C=O) groups excluding carboxylic acids is 3. The van der Waals surface area contributed by atoms with Crippen molar-refractivity contribution in [2.75, 3.05) is 0 Å². The van der Waals surface area contributed by atoms with Gasteiger partial charge >= 0.3 is 11.9 Å². The minimum Gasteiger partial charge on any atom is -0.481 e. The third-order valence-electron chi connectivity index (χ3n) is 4.96. The zero-order chi connectivity index (χ0) is 26.0. The standard InChI is InChI=1S/C20H32N6O8/c1-9(2)15(21)18(31)26-16(10(3)27)19(32)24-12(4-5-14(28)29)17(30)25-13(20(33)34)6-11-7-22-8-23-11/h7-10,12-13,15-16,27H,4-6,21H2,1-3H3,(H,22,23)(H,24,32)(H,25,30)(H,26,31)(H,28,29)(H,33,34). The van der Waals surface area contributed by atoms with Gasteiger partial charge in [0.05, 0.1) is 18.5 Å². The van der Waals surface area contributed by atoms with Crippen LogP contribution >= 0.6 is 0 Å². The molecule has 14 nitrogen and oxygen atoms in total. The fourth-order valence-corrected chi connectivity index (χ4v) is 2.84. The molecule has 0 bridgehead atoms. The molecular weight excluding hydrogens is 452 g/mol. The molecule has 0 aliphatic carbocycles. The maximum atomic E-state index is 12.8. The van der Waals surface area contributed by atoms with Gasteiger partial charge in [0.25, 0.3) is 0 Å². The normalized spacial score (nSPS) is 15.5. The van der Waals surface area contributed by atoms with Gasteiger partial charge < -0.3 is 42.0 Å². The summed E-state index contributed by atoms with van der Waals surface area (Å²) >= 11 is 0. The van der Waals surface area contributed by atoms with Gasteiger partial charge in [-0.1, -0.05) is 13.8 Å². The summed E-state index contributed by atoms with van der Waals surface area (Å²) in [5, 5.41) is 35.3. The van der Waals surface area contributed by atoms with Crippen molar-refractivity contribution < 1.29 is 39.3 Å². The average Bonchev–Trinajstić information content (AvgIpc) is 3.25. The first-order chi connectivity index (χ1) is 15.8. The fraction of sp³-hybridized carbons (Fsp3) is 0.600. The Labute approximate surface area is 195 Å². The largest absolute Gasteiger partial charge is 0.481 e. The highest BCUT2D eigenvalue weighted by Crippen LogP contribution is 2.06. The first-order valence-electron chi connectivity index (χ1n) is 10.6. The Bertz CT molecular complexity index is 857. The van der Waals surface area contributed by atoms with Crippen LogP contribution in [0.2, 0.25) is 0 Å². The van der Waals surface area contributed by atoms with Gasteiger partial charge in [-0.2, -0.15) is 0 Å². The SMILES string of the molecule is CC(C)C(N)C(=O)NC(C(=O)NC(CCC(=O)O)C(=O)NC(Cc1cnc[nH]1)C(=O)O)C(C)O. The minimum atomic E-state index is -1.49. The van der Waals surface area contributed by atoms with Crippen molar-refractivity contribution in [1.29, 1.82) is 0 Å². The van der Waals surface area contributed by atoms with Gasteiger partial charge in [0.1, 0.15) is 18.1 Å². The number of rotatable bonds is 14. The monoisotopic (exact) mass is 484 g/mol. The van der Waals surface area contributed by atoms with Gasteiger partial charge in [-0.15, -0.1) is 0 Å². The van der Waals surface area contributed by atoms with Crippen LogP contribution in [-0.4, -0.2) is 85.2 Å². The molecule has 0 fully saturated rings. The van der Waals surface area contributed by atoms with Crippen LogP contribution in [0.4, 0.5) is 0 Å². The van der Waals surface area contributed by atoms with Crippen molar-refractivity contribution >= 4 is 29.7 Å². The summed E-state index contributed by atoms with van der Waals surface area (Å²) in [6.07, 6.45) is 0.319. The van der Waals surface area contributed by atoms with Crippen LogP contribution in [0, 0.1) is 5.92 Å².